The minimum Gasteiger partial charge on any atom is -0.467 e. The van der Waals surface area contributed by atoms with Crippen LogP contribution < -0.4 is 10.2 Å². The number of furan rings is 1. The van der Waals surface area contributed by atoms with E-state index in [1.54, 1.807) is 47.8 Å². The molecule has 0 saturated carbocycles. The second kappa shape index (κ2) is 7.67. The molecule has 3 heterocycles. The second-order valence-electron chi connectivity index (χ2n) is 6.07. The summed E-state index contributed by atoms with van der Waals surface area (Å²) in [5, 5.41) is 2.83. The maximum absolute atomic E-state index is 12.5. The summed E-state index contributed by atoms with van der Waals surface area (Å²) in [6, 6.07) is 12.8. The van der Waals surface area contributed by atoms with Gasteiger partial charge in [0.15, 0.2) is 0 Å². The zero-order valence-corrected chi connectivity index (χ0v) is 15.2. The van der Waals surface area contributed by atoms with E-state index in [1.807, 2.05) is 18.2 Å². The zero-order valence-electron chi connectivity index (χ0n) is 14.4. The number of rotatable bonds is 5. The van der Waals surface area contributed by atoms with Crippen LogP contribution in [-0.2, 0) is 17.9 Å². The van der Waals surface area contributed by atoms with E-state index in [9.17, 15) is 9.59 Å². The molecule has 0 radical (unpaired) electrons. The fourth-order valence-electron chi connectivity index (χ4n) is 2.87. The lowest BCUT2D eigenvalue weighted by Gasteiger charge is -2.29. The number of fused-ring (bicyclic) bond motifs is 1. The van der Waals surface area contributed by atoms with Crippen LogP contribution in [0.5, 0.6) is 0 Å². The third-order valence-electron chi connectivity index (χ3n) is 4.26. The van der Waals surface area contributed by atoms with E-state index in [2.05, 4.69) is 10.3 Å². The number of carbonyl (C=O) groups excluding carboxylic acids is 2. The Morgan fingerprint density at radius 2 is 2.07 bits per heavy atom. The van der Waals surface area contributed by atoms with Gasteiger partial charge in [-0.05, 0) is 48.0 Å². The summed E-state index contributed by atoms with van der Waals surface area (Å²) in [7, 11) is 0. The van der Waals surface area contributed by atoms with Crippen molar-refractivity contribution in [1.29, 1.82) is 0 Å². The highest BCUT2D eigenvalue weighted by Gasteiger charge is 2.26. The molecule has 1 aliphatic heterocycles. The number of aromatic nitrogens is 1. The van der Waals surface area contributed by atoms with Gasteiger partial charge < -0.3 is 14.6 Å². The lowest BCUT2D eigenvalue weighted by molar-refractivity contribution is -0.116. The van der Waals surface area contributed by atoms with Crippen LogP contribution in [0, 0.1) is 0 Å². The lowest BCUT2D eigenvalue weighted by Crippen LogP contribution is -2.35. The number of nitrogens with one attached hydrogen (secondary N) is 1. The molecule has 0 saturated heterocycles. The molecule has 3 aromatic rings. The second-order valence-corrected chi connectivity index (χ2v) is 7.09. The summed E-state index contributed by atoms with van der Waals surface area (Å²) in [5.74, 6) is 0.896. The molecule has 2 amide bonds. The van der Waals surface area contributed by atoms with E-state index in [-0.39, 0.29) is 11.8 Å². The molecule has 1 N–H and O–H groups in total. The van der Waals surface area contributed by atoms with Gasteiger partial charge in [-0.1, -0.05) is 0 Å². The number of anilines is 1. The van der Waals surface area contributed by atoms with E-state index in [0.29, 0.717) is 30.2 Å². The molecule has 7 heteroatoms. The quantitative estimate of drug-likeness (QED) is 0.737. The summed E-state index contributed by atoms with van der Waals surface area (Å²) in [6.07, 6.45) is 4.98. The molecule has 0 spiro atoms. The molecular formula is C20H17N3O3S. The van der Waals surface area contributed by atoms with Crippen molar-refractivity contribution in [3.8, 4) is 0 Å². The lowest BCUT2D eigenvalue weighted by atomic mass is 10.1. The third kappa shape index (κ3) is 3.88. The van der Waals surface area contributed by atoms with Gasteiger partial charge in [0.25, 0.3) is 5.91 Å². The van der Waals surface area contributed by atoms with Crippen LogP contribution in [-0.4, -0.2) is 22.6 Å². The summed E-state index contributed by atoms with van der Waals surface area (Å²) < 4.78 is 5.23. The molecule has 27 heavy (non-hydrogen) atoms. The highest BCUT2D eigenvalue weighted by Crippen LogP contribution is 2.36. The topological polar surface area (TPSA) is 75.4 Å². The molecular weight excluding hydrogens is 362 g/mol. The molecule has 1 aliphatic rings. The molecule has 0 fully saturated rings. The Kier molecular flexibility index (Phi) is 4.93. The van der Waals surface area contributed by atoms with E-state index in [1.165, 1.54) is 11.8 Å². The molecule has 6 nitrogen and oxygen atoms in total. The van der Waals surface area contributed by atoms with Crippen LogP contribution >= 0.6 is 11.8 Å². The van der Waals surface area contributed by atoms with Crippen molar-refractivity contribution >= 4 is 29.3 Å². The number of hydrogen-bond acceptors (Lipinski definition) is 5. The predicted octanol–water partition coefficient (Wildman–Crippen LogP) is 3.24. The van der Waals surface area contributed by atoms with Crippen molar-refractivity contribution in [3.05, 3.63) is 78.0 Å². The SMILES string of the molecule is O=C(NCc1ccco1)c1ccc2c(c1)N(Cc1ccncc1)C(=O)CS2. The number of hydrogen-bond donors (Lipinski definition) is 1. The van der Waals surface area contributed by atoms with E-state index in [0.717, 1.165) is 16.1 Å². The van der Waals surface area contributed by atoms with Gasteiger partial charge in [0.05, 0.1) is 30.8 Å². The maximum atomic E-state index is 12.5. The van der Waals surface area contributed by atoms with Gasteiger partial charge in [-0.2, -0.15) is 0 Å². The van der Waals surface area contributed by atoms with Gasteiger partial charge in [0.2, 0.25) is 5.91 Å². The summed E-state index contributed by atoms with van der Waals surface area (Å²) in [5.41, 5.74) is 2.26. The first kappa shape index (κ1) is 17.4. The average Bonchev–Trinajstić information content (AvgIpc) is 3.22. The summed E-state index contributed by atoms with van der Waals surface area (Å²) in [6.45, 7) is 0.768. The predicted molar refractivity (Wildman–Crippen MR) is 102 cm³/mol. The molecule has 0 bridgehead atoms. The van der Waals surface area contributed by atoms with Gasteiger partial charge in [0.1, 0.15) is 5.76 Å². The Labute approximate surface area is 160 Å². The first-order valence-electron chi connectivity index (χ1n) is 8.47. The fourth-order valence-corrected chi connectivity index (χ4v) is 3.79. The van der Waals surface area contributed by atoms with E-state index >= 15 is 0 Å². The molecule has 2 aromatic heterocycles. The van der Waals surface area contributed by atoms with Crippen LogP contribution in [0.3, 0.4) is 0 Å². The van der Waals surface area contributed by atoms with Gasteiger partial charge in [-0.3, -0.25) is 14.6 Å². The summed E-state index contributed by atoms with van der Waals surface area (Å²) in [4.78, 5) is 31.7. The maximum Gasteiger partial charge on any atom is 0.251 e. The molecule has 1 aromatic carbocycles. The van der Waals surface area contributed by atoms with Gasteiger partial charge in [-0.15, -0.1) is 11.8 Å². The molecule has 0 unspecified atom stereocenters. The van der Waals surface area contributed by atoms with Crippen LogP contribution in [0.1, 0.15) is 21.7 Å². The Hall–Kier alpha value is -3.06. The highest BCUT2D eigenvalue weighted by atomic mass is 32.2. The first-order chi connectivity index (χ1) is 13.2. The van der Waals surface area contributed by atoms with Crippen LogP contribution in [0.2, 0.25) is 0 Å². The normalized spacial score (nSPS) is 13.3. The third-order valence-corrected chi connectivity index (χ3v) is 5.30. The Morgan fingerprint density at radius 3 is 2.85 bits per heavy atom. The minimum absolute atomic E-state index is 0.0254. The zero-order chi connectivity index (χ0) is 18.6. The molecule has 4 rings (SSSR count). The van der Waals surface area contributed by atoms with Crippen molar-refractivity contribution < 1.29 is 14.0 Å². The molecule has 0 atom stereocenters. The number of thioether (sulfide) groups is 1. The van der Waals surface area contributed by atoms with Crippen LogP contribution in [0.25, 0.3) is 0 Å². The number of amides is 2. The van der Waals surface area contributed by atoms with Gasteiger partial charge >= 0.3 is 0 Å². The molecule has 0 aliphatic carbocycles. The number of carbonyl (C=O) groups is 2. The Bertz CT molecular complexity index is 958. The monoisotopic (exact) mass is 379 g/mol. The number of nitrogens with zero attached hydrogens (tertiary/aromatic N) is 2. The van der Waals surface area contributed by atoms with Crippen molar-refractivity contribution in [2.45, 2.75) is 18.0 Å². The highest BCUT2D eigenvalue weighted by molar-refractivity contribution is 8.00. The van der Waals surface area contributed by atoms with Crippen LogP contribution in [0.4, 0.5) is 5.69 Å². The Morgan fingerprint density at radius 1 is 1.22 bits per heavy atom. The van der Waals surface area contributed by atoms with E-state index in [4.69, 9.17) is 4.42 Å². The van der Waals surface area contributed by atoms with Crippen LogP contribution in [0.15, 0.2) is 70.4 Å². The standard InChI is InChI=1S/C20H17N3O3S/c24-19-13-27-18-4-3-15(20(25)22-11-16-2-1-9-26-16)10-17(18)23(19)12-14-5-7-21-8-6-14/h1-10H,11-13H2,(H,22,25). The van der Waals surface area contributed by atoms with Crippen molar-refractivity contribution in [1.82, 2.24) is 10.3 Å². The van der Waals surface area contributed by atoms with Gasteiger partial charge in [-0.25, -0.2) is 0 Å². The minimum atomic E-state index is -0.207. The first-order valence-corrected chi connectivity index (χ1v) is 9.46. The van der Waals surface area contributed by atoms with Crippen molar-refractivity contribution in [2.75, 3.05) is 10.7 Å². The number of pyridine rings is 1. The fraction of sp³-hybridized carbons (Fsp3) is 0.150. The largest absolute Gasteiger partial charge is 0.467 e. The van der Waals surface area contributed by atoms with Gasteiger partial charge in [0, 0.05) is 22.9 Å². The smallest absolute Gasteiger partial charge is 0.251 e. The average molecular weight is 379 g/mol. The van der Waals surface area contributed by atoms with E-state index < -0.39 is 0 Å². The van der Waals surface area contributed by atoms with Crippen molar-refractivity contribution in [2.24, 2.45) is 0 Å². The Balaban J connectivity index is 1.56. The summed E-state index contributed by atoms with van der Waals surface area (Å²) >= 11 is 1.49. The molecule has 136 valence electrons. The number of benzene rings is 1. The van der Waals surface area contributed by atoms with Crippen molar-refractivity contribution in [3.63, 3.8) is 0 Å².